The summed E-state index contributed by atoms with van der Waals surface area (Å²) >= 11 is 6.37. The quantitative estimate of drug-likeness (QED) is 0.389. The van der Waals surface area contributed by atoms with E-state index in [0.29, 0.717) is 38.7 Å². The molecule has 5 aromatic rings. The van der Waals surface area contributed by atoms with Crippen molar-refractivity contribution in [3.05, 3.63) is 112 Å². The molecule has 5 nitrogen and oxygen atoms in total. The van der Waals surface area contributed by atoms with Crippen molar-refractivity contribution in [1.82, 2.24) is 9.55 Å². The molecule has 0 unspecified atom stereocenters. The van der Waals surface area contributed by atoms with Gasteiger partial charge in [0.05, 0.1) is 27.3 Å². The predicted octanol–water partition coefficient (Wildman–Crippen LogP) is 5.75. The van der Waals surface area contributed by atoms with Gasteiger partial charge >= 0.3 is 0 Å². The monoisotopic (exact) mass is 439 g/mol. The fourth-order valence-corrected chi connectivity index (χ4v) is 3.99. The lowest BCUT2D eigenvalue weighted by atomic mass is 10.1. The molecule has 1 aromatic heterocycles. The predicted molar refractivity (Wildman–Crippen MR) is 129 cm³/mol. The number of aromatic nitrogens is 2. The van der Waals surface area contributed by atoms with Crippen molar-refractivity contribution in [3.63, 3.8) is 0 Å². The van der Waals surface area contributed by atoms with Crippen molar-refractivity contribution < 1.29 is 4.79 Å². The highest BCUT2D eigenvalue weighted by atomic mass is 35.5. The number of carbonyl (C=O) groups excluding carboxylic acids is 1. The van der Waals surface area contributed by atoms with E-state index in [2.05, 4.69) is 10.3 Å². The molecule has 156 valence electrons. The third kappa shape index (κ3) is 3.53. The fraction of sp³-hybridized carbons (Fsp3) is 0.0385. The maximum absolute atomic E-state index is 13.1. The maximum Gasteiger partial charge on any atom is 0.265 e. The summed E-state index contributed by atoms with van der Waals surface area (Å²) in [7, 11) is 0. The molecular weight excluding hydrogens is 422 g/mol. The summed E-state index contributed by atoms with van der Waals surface area (Å²) in [6.45, 7) is 1.77. The van der Waals surface area contributed by atoms with Gasteiger partial charge in [-0.3, -0.25) is 14.2 Å². The van der Waals surface area contributed by atoms with Crippen molar-refractivity contribution >= 4 is 44.9 Å². The first kappa shape index (κ1) is 20.0. The molecule has 1 heterocycles. The molecule has 0 spiro atoms. The zero-order chi connectivity index (χ0) is 22.2. The van der Waals surface area contributed by atoms with Crippen molar-refractivity contribution in [3.8, 4) is 5.69 Å². The smallest absolute Gasteiger partial charge is 0.265 e. The molecule has 32 heavy (non-hydrogen) atoms. The molecular formula is C26H18ClN3O2. The number of amides is 1. The molecule has 0 saturated heterocycles. The van der Waals surface area contributed by atoms with Gasteiger partial charge in [0.1, 0.15) is 5.82 Å². The maximum atomic E-state index is 13.1. The van der Waals surface area contributed by atoms with E-state index in [1.165, 1.54) is 4.57 Å². The normalized spacial score (nSPS) is 11.1. The second-order valence-corrected chi connectivity index (χ2v) is 7.90. The van der Waals surface area contributed by atoms with Gasteiger partial charge in [0.25, 0.3) is 11.5 Å². The number of carbonyl (C=O) groups is 1. The van der Waals surface area contributed by atoms with Gasteiger partial charge < -0.3 is 5.32 Å². The number of anilines is 1. The van der Waals surface area contributed by atoms with E-state index < -0.39 is 0 Å². The van der Waals surface area contributed by atoms with Gasteiger partial charge in [0.15, 0.2) is 0 Å². The SMILES string of the molecule is Cc1nc2ccccc2c(=O)n1-c1ccc(Cl)c(NC(=O)c2ccc3ccccc3c2)c1. The zero-order valence-corrected chi connectivity index (χ0v) is 17.9. The van der Waals surface area contributed by atoms with Crippen LogP contribution in [-0.2, 0) is 0 Å². The lowest BCUT2D eigenvalue weighted by Gasteiger charge is -2.14. The largest absolute Gasteiger partial charge is 0.321 e. The van der Waals surface area contributed by atoms with Crippen LogP contribution < -0.4 is 10.9 Å². The molecule has 0 radical (unpaired) electrons. The Morgan fingerprint density at radius 2 is 1.66 bits per heavy atom. The third-order valence-corrected chi connectivity index (χ3v) is 5.74. The lowest BCUT2D eigenvalue weighted by Crippen LogP contribution is -2.22. The number of nitrogens with zero attached hydrogens (tertiary/aromatic N) is 2. The molecule has 0 aliphatic heterocycles. The van der Waals surface area contributed by atoms with Crippen LogP contribution >= 0.6 is 11.6 Å². The van der Waals surface area contributed by atoms with Crippen LogP contribution in [0.4, 0.5) is 5.69 Å². The number of para-hydroxylation sites is 1. The summed E-state index contributed by atoms with van der Waals surface area (Å²) in [5, 5.41) is 5.81. The highest BCUT2D eigenvalue weighted by Crippen LogP contribution is 2.26. The number of fused-ring (bicyclic) bond motifs is 2. The van der Waals surface area contributed by atoms with Crippen LogP contribution in [0.25, 0.3) is 27.4 Å². The summed E-state index contributed by atoms with van der Waals surface area (Å²) in [5.74, 6) is 0.262. The molecule has 0 saturated carbocycles. The second-order valence-electron chi connectivity index (χ2n) is 7.50. The van der Waals surface area contributed by atoms with E-state index in [1.54, 1.807) is 37.3 Å². The molecule has 0 aliphatic rings. The molecule has 4 aromatic carbocycles. The van der Waals surface area contributed by atoms with Crippen LogP contribution in [0.15, 0.2) is 89.7 Å². The van der Waals surface area contributed by atoms with Gasteiger partial charge in [-0.2, -0.15) is 0 Å². The highest BCUT2D eigenvalue weighted by Gasteiger charge is 2.14. The number of halogens is 1. The Bertz CT molecular complexity index is 1570. The van der Waals surface area contributed by atoms with Crippen molar-refractivity contribution in [2.75, 3.05) is 5.32 Å². The zero-order valence-electron chi connectivity index (χ0n) is 17.2. The molecule has 0 bridgehead atoms. The first-order valence-electron chi connectivity index (χ1n) is 10.1. The highest BCUT2D eigenvalue weighted by molar-refractivity contribution is 6.34. The molecule has 1 N–H and O–H groups in total. The number of hydrogen-bond donors (Lipinski definition) is 1. The number of hydrogen-bond acceptors (Lipinski definition) is 3. The van der Waals surface area contributed by atoms with Gasteiger partial charge in [0, 0.05) is 5.56 Å². The van der Waals surface area contributed by atoms with Crippen molar-refractivity contribution in [2.24, 2.45) is 0 Å². The Morgan fingerprint density at radius 1 is 0.906 bits per heavy atom. The van der Waals surface area contributed by atoms with Gasteiger partial charge in [-0.15, -0.1) is 0 Å². The number of benzene rings is 4. The number of aryl methyl sites for hydroxylation is 1. The van der Waals surface area contributed by atoms with Crippen molar-refractivity contribution in [2.45, 2.75) is 6.92 Å². The fourth-order valence-electron chi connectivity index (χ4n) is 3.82. The standard InChI is InChI=1S/C26H18ClN3O2/c1-16-28-23-9-5-4-8-21(23)26(32)30(16)20-12-13-22(27)24(15-20)29-25(31)19-11-10-17-6-2-3-7-18(17)14-19/h2-15H,1H3,(H,29,31). The summed E-state index contributed by atoms with van der Waals surface area (Å²) in [4.78, 5) is 30.6. The third-order valence-electron chi connectivity index (χ3n) is 5.41. The lowest BCUT2D eigenvalue weighted by molar-refractivity contribution is 0.102. The summed E-state index contributed by atoms with van der Waals surface area (Å²) in [5.41, 5.74) is 1.98. The summed E-state index contributed by atoms with van der Waals surface area (Å²) in [6.07, 6.45) is 0. The number of nitrogens with one attached hydrogen (secondary N) is 1. The summed E-state index contributed by atoms with van der Waals surface area (Å²) in [6, 6.07) is 25.7. The Labute approximate surface area is 188 Å². The van der Waals surface area contributed by atoms with Gasteiger partial charge in [-0.25, -0.2) is 4.98 Å². The Morgan fingerprint density at radius 3 is 2.50 bits per heavy atom. The average Bonchev–Trinajstić information content (AvgIpc) is 2.80. The van der Waals surface area contributed by atoms with E-state index in [9.17, 15) is 9.59 Å². The van der Waals surface area contributed by atoms with Crippen LogP contribution in [0.2, 0.25) is 5.02 Å². The molecule has 5 rings (SSSR count). The topological polar surface area (TPSA) is 64.0 Å². The van der Waals surface area contributed by atoms with Crippen LogP contribution in [0.1, 0.15) is 16.2 Å². The van der Waals surface area contributed by atoms with E-state index in [-0.39, 0.29) is 11.5 Å². The van der Waals surface area contributed by atoms with E-state index in [4.69, 9.17) is 11.6 Å². The first-order chi connectivity index (χ1) is 15.5. The average molecular weight is 440 g/mol. The minimum atomic E-state index is -0.282. The van der Waals surface area contributed by atoms with Crippen molar-refractivity contribution in [1.29, 1.82) is 0 Å². The van der Waals surface area contributed by atoms with Gasteiger partial charge in [-0.05, 0) is 60.2 Å². The minimum absolute atomic E-state index is 0.178. The van der Waals surface area contributed by atoms with E-state index in [1.807, 2.05) is 54.6 Å². The molecule has 0 aliphatic carbocycles. The molecule has 6 heteroatoms. The first-order valence-corrected chi connectivity index (χ1v) is 10.5. The van der Waals surface area contributed by atoms with Crippen LogP contribution in [-0.4, -0.2) is 15.5 Å². The molecule has 0 atom stereocenters. The van der Waals surface area contributed by atoms with Crippen LogP contribution in [0.5, 0.6) is 0 Å². The van der Waals surface area contributed by atoms with Crippen LogP contribution in [0, 0.1) is 6.92 Å². The Hall–Kier alpha value is -3.96. The Balaban J connectivity index is 1.54. The van der Waals surface area contributed by atoms with Gasteiger partial charge in [0.2, 0.25) is 0 Å². The van der Waals surface area contributed by atoms with E-state index >= 15 is 0 Å². The van der Waals surface area contributed by atoms with Gasteiger partial charge in [-0.1, -0.05) is 54.1 Å². The minimum Gasteiger partial charge on any atom is -0.321 e. The Kier molecular flexibility index (Phi) is 4.96. The van der Waals surface area contributed by atoms with Crippen LogP contribution in [0.3, 0.4) is 0 Å². The van der Waals surface area contributed by atoms with E-state index in [0.717, 1.165) is 10.8 Å². The second kappa shape index (κ2) is 7.94. The molecule has 1 amide bonds. The summed E-state index contributed by atoms with van der Waals surface area (Å²) < 4.78 is 1.52. The number of rotatable bonds is 3. The molecule has 0 fully saturated rings.